The van der Waals surface area contributed by atoms with Gasteiger partial charge in [-0.3, -0.25) is 10.6 Å². The molecule has 2 heterocycles. The minimum atomic E-state index is 0.325. The minimum absolute atomic E-state index is 0.325. The normalized spacial score (nSPS) is 38.2. The smallest absolute Gasteiger partial charge is 0.110 e. The summed E-state index contributed by atoms with van der Waals surface area (Å²) in [5.74, 6) is 0. The third-order valence-corrected chi connectivity index (χ3v) is 2.36. The molecule has 2 saturated heterocycles. The van der Waals surface area contributed by atoms with Crippen LogP contribution in [-0.2, 0) is 4.74 Å². The molecule has 11 heavy (non-hydrogen) atoms. The minimum Gasteiger partial charge on any atom is -0.345 e. The second kappa shape index (κ2) is 3.52. The van der Waals surface area contributed by atoms with Crippen molar-refractivity contribution >= 4 is 0 Å². The molecule has 0 aromatic carbocycles. The van der Waals surface area contributed by atoms with Gasteiger partial charge in [0.15, 0.2) is 0 Å². The SMILES string of the molecule is C1CNC(OC2CCCN2)C1. The van der Waals surface area contributed by atoms with Crippen molar-refractivity contribution in [2.75, 3.05) is 13.1 Å². The first-order chi connectivity index (χ1) is 5.45. The Labute approximate surface area is 67.5 Å². The zero-order chi connectivity index (χ0) is 7.52. The summed E-state index contributed by atoms with van der Waals surface area (Å²) in [7, 11) is 0. The van der Waals surface area contributed by atoms with Gasteiger partial charge in [0.1, 0.15) is 12.5 Å². The van der Waals surface area contributed by atoms with Crippen LogP contribution in [0.5, 0.6) is 0 Å². The van der Waals surface area contributed by atoms with Crippen molar-refractivity contribution < 1.29 is 4.74 Å². The van der Waals surface area contributed by atoms with E-state index in [1.807, 2.05) is 0 Å². The summed E-state index contributed by atoms with van der Waals surface area (Å²) in [6.45, 7) is 2.24. The van der Waals surface area contributed by atoms with Gasteiger partial charge in [-0.15, -0.1) is 0 Å². The Morgan fingerprint density at radius 3 is 1.82 bits per heavy atom. The summed E-state index contributed by atoms with van der Waals surface area (Å²) in [6.07, 6.45) is 5.53. The molecule has 0 bridgehead atoms. The van der Waals surface area contributed by atoms with E-state index in [0.29, 0.717) is 12.5 Å². The lowest BCUT2D eigenvalue weighted by Gasteiger charge is -2.17. The van der Waals surface area contributed by atoms with Crippen molar-refractivity contribution in [3.05, 3.63) is 0 Å². The molecule has 0 aromatic rings. The fourth-order valence-electron chi connectivity index (χ4n) is 1.74. The fourth-order valence-corrected chi connectivity index (χ4v) is 1.74. The summed E-state index contributed by atoms with van der Waals surface area (Å²) in [6, 6.07) is 0. The van der Waals surface area contributed by atoms with Crippen LogP contribution in [0.3, 0.4) is 0 Å². The molecule has 0 aliphatic carbocycles. The Kier molecular flexibility index (Phi) is 2.41. The molecule has 2 rings (SSSR count). The van der Waals surface area contributed by atoms with Crippen molar-refractivity contribution in [1.29, 1.82) is 0 Å². The second-order valence-electron chi connectivity index (χ2n) is 3.31. The zero-order valence-electron chi connectivity index (χ0n) is 6.81. The highest BCUT2D eigenvalue weighted by Gasteiger charge is 2.21. The predicted molar refractivity (Wildman–Crippen MR) is 43.1 cm³/mol. The predicted octanol–water partition coefficient (Wildman–Crippen LogP) is 0.422. The highest BCUT2D eigenvalue weighted by atomic mass is 16.5. The van der Waals surface area contributed by atoms with Crippen molar-refractivity contribution in [2.24, 2.45) is 0 Å². The zero-order valence-corrected chi connectivity index (χ0v) is 6.81. The van der Waals surface area contributed by atoms with E-state index < -0.39 is 0 Å². The van der Waals surface area contributed by atoms with E-state index in [-0.39, 0.29) is 0 Å². The van der Waals surface area contributed by atoms with Crippen LogP contribution in [0, 0.1) is 0 Å². The van der Waals surface area contributed by atoms with Gasteiger partial charge in [-0.1, -0.05) is 0 Å². The molecule has 2 unspecified atom stereocenters. The summed E-state index contributed by atoms with van der Waals surface area (Å²) >= 11 is 0. The van der Waals surface area contributed by atoms with Crippen LogP contribution in [0.4, 0.5) is 0 Å². The summed E-state index contributed by atoms with van der Waals surface area (Å²) in [4.78, 5) is 0. The molecule has 0 amide bonds. The van der Waals surface area contributed by atoms with Gasteiger partial charge in [0.2, 0.25) is 0 Å². The lowest BCUT2D eigenvalue weighted by molar-refractivity contribution is -0.0268. The van der Waals surface area contributed by atoms with Crippen LogP contribution in [0.2, 0.25) is 0 Å². The van der Waals surface area contributed by atoms with E-state index in [1.54, 1.807) is 0 Å². The Hall–Kier alpha value is -0.120. The van der Waals surface area contributed by atoms with E-state index in [0.717, 1.165) is 13.1 Å². The maximum absolute atomic E-state index is 5.75. The van der Waals surface area contributed by atoms with Crippen molar-refractivity contribution in [3.8, 4) is 0 Å². The largest absolute Gasteiger partial charge is 0.345 e. The standard InChI is InChI=1S/C8H16N2O/c1-3-7(9-5-1)11-8-4-2-6-10-8/h7-10H,1-6H2. The van der Waals surface area contributed by atoms with Gasteiger partial charge in [0.25, 0.3) is 0 Å². The van der Waals surface area contributed by atoms with Gasteiger partial charge in [-0.05, 0) is 38.8 Å². The molecule has 2 aliphatic rings. The molecule has 0 aromatic heterocycles. The van der Waals surface area contributed by atoms with Gasteiger partial charge in [-0.25, -0.2) is 0 Å². The second-order valence-corrected chi connectivity index (χ2v) is 3.31. The number of hydrogen-bond donors (Lipinski definition) is 2. The van der Waals surface area contributed by atoms with E-state index in [1.165, 1.54) is 25.7 Å². The topological polar surface area (TPSA) is 33.3 Å². The lowest BCUT2D eigenvalue weighted by atomic mass is 10.3. The Bertz CT molecular complexity index is 103. The molecule has 2 fully saturated rings. The lowest BCUT2D eigenvalue weighted by Crippen LogP contribution is -2.34. The van der Waals surface area contributed by atoms with Crippen molar-refractivity contribution in [2.45, 2.75) is 38.1 Å². The molecule has 2 atom stereocenters. The van der Waals surface area contributed by atoms with Crippen LogP contribution in [0.25, 0.3) is 0 Å². The van der Waals surface area contributed by atoms with Gasteiger partial charge in [0, 0.05) is 0 Å². The molecular weight excluding hydrogens is 140 g/mol. The number of nitrogens with one attached hydrogen (secondary N) is 2. The quantitative estimate of drug-likeness (QED) is 0.608. The highest BCUT2D eigenvalue weighted by Crippen LogP contribution is 2.13. The average Bonchev–Trinajstić information content (AvgIpc) is 2.60. The molecule has 3 nitrogen and oxygen atoms in total. The molecule has 2 N–H and O–H groups in total. The molecular formula is C8H16N2O. The fraction of sp³-hybridized carbons (Fsp3) is 1.00. The van der Waals surface area contributed by atoms with Gasteiger partial charge < -0.3 is 4.74 Å². The van der Waals surface area contributed by atoms with E-state index >= 15 is 0 Å². The third-order valence-electron chi connectivity index (χ3n) is 2.36. The van der Waals surface area contributed by atoms with Crippen molar-refractivity contribution in [1.82, 2.24) is 10.6 Å². The number of rotatable bonds is 2. The van der Waals surface area contributed by atoms with Crippen LogP contribution >= 0.6 is 0 Å². The van der Waals surface area contributed by atoms with Crippen molar-refractivity contribution in [3.63, 3.8) is 0 Å². The Balaban J connectivity index is 1.71. The van der Waals surface area contributed by atoms with Gasteiger partial charge in [-0.2, -0.15) is 0 Å². The van der Waals surface area contributed by atoms with Gasteiger partial charge >= 0.3 is 0 Å². The van der Waals surface area contributed by atoms with Crippen LogP contribution in [-0.4, -0.2) is 25.5 Å². The molecule has 64 valence electrons. The maximum atomic E-state index is 5.75. The Morgan fingerprint density at radius 1 is 0.909 bits per heavy atom. The van der Waals surface area contributed by atoms with E-state index in [9.17, 15) is 0 Å². The number of ether oxygens (including phenoxy) is 1. The number of hydrogen-bond acceptors (Lipinski definition) is 3. The first-order valence-electron chi connectivity index (χ1n) is 4.57. The van der Waals surface area contributed by atoms with Crippen LogP contribution in [0.15, 0.2) is 0 Å². The highest BCUT2D eigenvalue weighted by molar-refractivity contribution is 4.71. The summed E-state index contributed by atoms with van der Waals surface area (Å²) < 4.78 is 5.75. The molecule has 0 radical (unpaired) electrons. The van der Waals surface area contributed by atoms with Crippen LogP contribution < -0.4 is 10.6 Å². The van der Waals surface area contributed by atoms with Gasteiger partial charge in [0.05, 0.1) is 0 Å². The van der Waals surface area contributed by atoms with Crippen LogP contribution in [0.1, 0.15) is 25.7 Å². The first-order valence-corrected chi connectivity index (χ1v) is 4.57. The molecule has 0 saturated carbocycles. The first kappa shape index (κ1) is 7.53. The Morgan fingerprint density at radius 2 is 1.45 bits per heavy atom. The summed E-state index contributed by atoms with van der Waals surface area (Å²) in [5, 5.41) is 6.64. The average molecular weight is 156 g/mol. The van der Waals surface area contributed by atoms with E-state index in [4.69, 9.17) is 4.74 Å². The molecule has 0 spiro atoms. The molecule has 3 heteroatoms. The van der Waals surface area contributed by atoms with E-state index in [2.05, 4.69) is 10.6 Å². The summed E-state index contributed by atoms with van der Waals surface area (Å²) in [5.41, 5.74) is 0. The maximum Gasteiger partial charge on any atom is 0.110 e. The molecule has 2 aliphatic heterocycles. The monoisotopic (exact) mass is 156 g/mol. The third kappa shape index (κ3) is 1.92.